The number of unbranched alkanes of at least 4 members (excludes halogenated alkanes) is 1. The Balaban J connectivity index is 1.50. The van der Waals surface area contributed by atoms with Crippen LogP contribution in [0.4, 0.5) is 0 Å². The second-order valence-corrected chi connectivity index (χ2v) is 8.05. The first kappa shape index (κ1) is 22.5. The van der Waals surface area contributed by atoms with Gasteiger partial charge >= 0.3 is 5.97 Å². The molecule has 1 aliphatic rings. The second kappa shape index (κ2) is 11.9. The predicted molar refractivity (Wildman–Crippen MR) is 111 cm³/mol. The van der Waals surface area contributed by atoms with Gasteiger partial charge in [-0.1, -0.05) is 17.8 Å². The molecule has 0 radical (unpaired) electrons. The Morgan fingerprint density at radius 1 is 1.27 bits per heavy atom. The van der Waals surface area contributed by atoms with E-state index in [4.69, 9.17) is 19.5 Å². The zero-order valence-electron chi connectivity index (χ0n) is 17.1. The number of hydrogen-bond acceptors (Lipinski definition) is 8. The number of esters is 1. The fourth-order valence-corrected chi connectivity index (χ4v) is 4.17. The molecule has 9 heteroatoms. The summed E-state index contributed by atoms with van der Waals surface area (Å²) in [5, 5.41) is 8.42. The molecule has 0 bridgehead atoms. The van der Waals surface area contributed by atoms with Crippen molar-refractivity contribution in [3.05, 3.63) is 53.2 Å². The number of rotatable bonds is 10. The van der Waals surface area contributed by atoms with Gasteiger partial charge in [-0.15, -0.1) is 11.8 Å². The molecule has 0 spiro atoms. The van der Waals surface area contributed by atoms with E-state index < -0.39 is 0 Å². The molecule has 1 aromatic carbocycles. The Bertz CT molecular complexity index is 819. The molecular formula is C21H28N3O5S+. The Morgan fingerprint density at radius 3 is 2.83 bits per heavy atom. The molecule has 0 atom stereocenters. The maximum Gasteiger partial charge on any atom is 0.338 e. The third-order valence-electron chi connectivity index (χ3n) is 4.75. The molecule has 162 valence electrons. The van der Waals surface area contributed by atoms with Crippen molar-refractivity contribution >= 4 is 17.7 Å². The second-order valence-electron chi connectivity index (χ2n) is 6.91. The highest BCUT2D eigenvalue weighted by Crippen LogP contribution is 2.29. The normalized spacial score (nSPS) is 14.1. The molecule has 8 nitrogen and oxygen atoms in total. The first-order valence-corrected chi connectivity index (χ1v) is 10.9. The van der Waals surface area contributed by atoms with Gasteiger partial charge in [-0.3, -0.25) is 4.90 Å². The van der Waals surface area contributed by atoms with Gasteiger partial charge in [0, 0.05) is 42.5 Å². The highest BCUT2D eigenvalue weighted by molar-refractivity contribution is 7.99. The lowest BCUT2D eigenvalue weighted by Crippen LogP contribution is -2.79. The summed E-state index contributed by atoms with van der Waals surface area (Å²) in [5.74, 6) is 1.32. The van der Waals surface area contributed by atoms with Gasteiger partial charge in [0.25, 0.3) is 0 Å². The van der Waals surface area contributed by atoms with Crippen LogP contribution in [0.1, 0.15) is 34.3 Å². The number of thioether (sulfide) groups is 1. The monoisotopic (exact) mass is 434 g/mol. The molecule has 3 rings (SSSR count). The summed E-state index contributed by atoms with van der Waals surface area (Å²) in [4.78, 5) is 24.8. The maximum absolute atomic E-state index is 12.1. The van der Waals surface area contributed by atoms with E-state index in [9.17, 15) is 4.79 Å². The largest absolute Gasteiger partial charge is 0.481 e. The molecule has 0 saturated carbocycles. The highest BCUT2D eigenvalue weighted by atomic mass is 32.2. The van der Waals surface area contributed by atoms with Crippen LogP contribution in [0, 0.1) is 0 Å². The van der Waals surface area contributed by atoms with Crippen molar-refractivity contribution in [3.8, 4) is 5.88 Å². The number of carbonyl (C=O) groups is 1. The quantitative estimate of drug-likeness (QED) is 0.333. The molecule has 0 fully saturated rings. The number of quaternary nitrogens is 1. The van der Waals surface area contributed by atoms with E-state index in [0.717, 1.165) is 31.0 Å². The molecule has 0 saturated heterocycles. The molecule has 0 aliphatic carbocycles. The van der Waals surface area contributed by atoms with Crippen molar-refractivity contribution in [1.82, 2.24) is 9.88 Å². The standard InChI is InChI=1S/C21H28N3O5S/c1-27-20-12-18-15-24(8-11-30-19(18)13-22-20)14-16-4-6-17(7-5-16)21(25)28-9-2-3-10-29-23-26/h4-7,12-13,26H,2-3,8-11,14-15,23H2,1H3/q+1. The van der Waals surface area contributed by atoms with Gasteiger partial charge < -0.3 is 9.47 Å². The highest BCUT2D eigenvalue weighted by Gasteiger charge is 2.17. The first-order chi connectivity index (χ1) is 14.7. The summed E-state index contributed by atoms with van der Waals surface area (Å²) in [5.41, 5.74) is 3.60. The molecule has 0 unspecified atom stereocenters. The number of carbonyl (C=O) groups excluding carboxylic acids is 1. The summed E-state index contributed by atoms with van der Waals surface area (Å²) in [7, 11) is 1.63. The number of nitrogens with zero attached hydrogens (tertiary/aromatic N) is 2. The van der Waals surface area contributed by atoms with Gasteiger partial charge in [-0.25, -0.2) is 9.78 Å². The number of aromatic nitrogens is 1. The van der Waals surface area contributed by atoms with Crippen molar-refractivity contribution in [2.24, 2.45) is 0 Å². The fourth-order valence-electron chi connectivity index (χ4n) is 3.16. The zero-order chi connectivity index (χ0) is 21.2. The molecule has 0 amide bonds. The van der Waals surface area contributed by atoms with Crippen LogP contribution in [-0.2, 0) is 22.7 Å². The van der Waals surface area contributed by atoms with Crippen molar-refractivity contribution in [3.63, 3.8) is 0 Å². The lowest BCUT2D eigenvalue weighted by molar-refractivity contribution is -1.06. The molecule has 1 aliphatic heterocycles. The Kier molecular flexibility index (Phi) is 8.91. The van der Waals surface area contributed by atoms with Crippen LogP contribution in [0.3, 0.4) is 0 Å². The average molecular weight is 435 g/mol. The van der Waals surface area contributed by atoms with Crippen LogP contribution in [0.15, 0.2) is 41.4 Å². The molecule has 3 N–H and O–H groups in total. The van der Waals surface area contributed by atoms with Crippen molar-refractivity contribution in [2.45, 2.75) is 30.8 Å². The van der Waals surface area contributed by atoms with Gasteiger partial charge in [0.05, 0.1) is 19.3 Å². The van der Waals surface area contributed by atoms with Gasteiger partial charge in [0.2, 0.25) is 5.88 Å². The van der Waals surface area contributed by atoms with Crippen LogP contribution in [-0.4, -0.2) is 53.7 Å². The minimum Gasteiger partial charge on any atom is -0.481 e. The van der Waals surface area contributed by atoms with Gasteiger partial charge in [0.15, 0.2) is 0 Å². The predicted octanol–water partition coefficient (Wildman–Crippen LogP) is 2.02. The summed E-state index contributed by atoms with van der Waals surface area (Å²) in [6.07, 6.45) is 3.29. The van der Waals surface area contributed by atoms with Crippen molar-refractivity contribution in [1.29, 1.82) is 0 Å². The van der Waals surface area contributed by atoms with E-state index >= 15 is 0 Å². The molecular weight excluding hydrogens is 406 g/mol. The van der Waals surface area contributed by atoms with E-state index in [-0.39, 0.29) is 5.97 Å². The third kappa shape index (κ3) is 6.68. The first-order valence-electron chi connectivity index (χ1n) is 9.91. The van der Waals surface area contributed by atoms with Gasteiger partial charge in [-0.2, -0.15) is 10.0 Å². The van der Waals surface area contributed by atoms with E-state index in [1.807, 2.05) is 48.3 Å². The average Bonchev–Trinajstić information content (AvgIpc) is 2.97. The number of pyridine rings is 1. The zero-order valence-corrected chi connectivity index (χ0v) is 17.9. The smallest absolute Gasteiger partial charge is 0.338 e. The summed E-state index contributed by atoms with van der Waals surface area (Å²) < 4.78 is 10.5. The van der Waals surface area contributed by atoms with Gasteiger partial charge in [-0.05, 0) is 36.1 Å². The van der Waals surface area contributed by atoms with Crippen LogP contribution in [0.5, 0.6) is 5.88 Å². The van der Waals surface area contributed by atoms with Crippen LogP contribution >= 0.6 is 11.8 Å². The van der Waals surface area contributed by atoms with Crippen molar-refractivity contribution < 1.29 is 30.0 Å². The number of benzene rings is 1. The fraction of sp³-hybridized carbons (Fsp3) is 0.429. The van der Waals surface area contributed by atoms with Gasteiger partial charge in [0.1, 0.15) is 6.61 Å². The summed E-state index contributed by atoms with van der Waals surface area (Å²) in [6.45, 7) is 3.36. The lowest BCUT2D eigenvalue weighted by atomic mass is 10.1. The molecule has 1 aromatic heterocycles. The van der Waals surface area contributed by atoms with E-state index in [0.29, 0.717) is 43.1 Å². The minimum atomic E-state index is -0.323. The number of fused-ring (bicyclic) bond motifs is 1. The topological polar surface area (TPSA) is 97.7 Å². The van der Waals surface area contributed by atoms with E-state index in [2.05, 4.69) is 9.88 Å². The van der Waals surface area contributed by atoms with Crippen LogP contribution in [0.2, 0.25) is 0 Å². The number of ether oxygens (including phenoxy) is 2. The SMILES string of the molecule is COc1cc2c(cn1)SCCN(Cc1ccc(C(=O)OCCCCO[NH2+]O)cc1)C2. The number of methoxy groups -OCH3 is 1. The Labute approximate surface area is 180 Å². The Hall–Kier alpha value is -2.17. The minimum absolute atomic E-state index is 0.323. The van der Waals surface area contributed by atoms with Crippen LogP contribution in [0.25, 0.3) is 0 Å². The van der Waals surface area contributed by atoms with Crippen molar-refractivity contribution in [2.75, 3.05) is 32.6 Å². The summed E-state index contributed by atoms with van der Waals surface area (Å²) in [6, 6.07) is 9.60. The van der Waals surface area contributed by atoms with E-state index in [1.54, 1.807) is 7.11 Å². The molecule has 2 aromatic rings. The maximum atomic E-state index is 12.1. The Morgan fingerprint density at radius 2 is 2.07 bits per heavy atom. The number of hydrogen-bond donors (Lipinski definition) is 2. The van der Waals surface area contributed by atoms with E-state index in [1.165, 1.54) is 10.5 Å². The third-order valence-corrected chi connectivity index (χ3v) is 5.82. The lowest BCUT2D eigenvalue weighted by Gasteiger charge is -2.20. The number of nitrogens with two attached hydrogens (primary N) is 1. The molecule has 30 heavy (non-hydrogen) atoms. The van der Waals surface area contributed by atoms with Crippen LogP contribution < -0.4 is 10.4 Å². The molecule has 2 heterocycles. The summed E-state index contributed by atoms with van der Waals surface area (Å²) >= 11 is 1.82.